The number of carbonyl (C=O) groups excluding carboxylic acids is 1. The average Bonchev–Trinajstić information content (AvgIpc) is 3.00. The van der Waals surface area contributed by atoms with Gasteiger partial charge < -0.3 is 10.1 Å². The molecule has 3 nitrogen and oxygen atoms in total. The van der Waals surface area contributed by atoms with Crippen LogP contribution in [0.2, 0.25) is 0 Å². The smallest absolute Gasteiger partial charge is 0.316 e. The van der Waals surface area contributed by atoms with Crippen LogP contribution in [0.5, 0.6) is 0 Å². The molecule has 0 atom stereocenters. The quantitative estimate of drug-likeness (QED) is 0.114. The number of ketones is 1. The molecule has 33 heavy (non-hydrogen) atoms. The maximum atomic E-state index is 8.40. The second kappa shape index (κ2) is 9.82. The van der Waals surface area contributed by atoms with E-state index in [1.807, 2.05) is 6.20 Å². The van der Waals surface area contributed by atoms with E-state index < -0.39 is 0 Å². The topological polar surface area (TPSA) is 54.5 Å². The van der Waals surface area contributed by atoms with Gasteiger partial charge in [0.25, 0.3) is 0 Å². The van der Waals surface area contributed by atoms with Crippen LogP contribution in [0.25, 0.3) is 33.2 Å². The molecule has 0 aliphatic heterocycles. The SMILES string of the molecule is CC(=[OH+])/C=C(/C)O.CC1(C)c2ccccc2-c2c[c-]c(-c3nccc4ccccc34)cc21.[Ir]. The summed E-state index contributed by atoms with van der Waals surface area (Å²) in [6.45, 7) is 7.61. The van der Waals surface area contributed by atoms with E-state index in [0.717, 1.165) is 11.3 Å². The van der Waals surface area contributed by atoms with Crippen LogP contribution in [0.4, 0.5) is 0 Å². The Hall–Kier alpha value is -3.07. The van der Waals surface area contributed by atoms with Crippen molar-refractivity contribution in [1.29, 1.82) is 0 Å². The molecule has 0 unspecified atom stereocenters. The number of aliphatic hydroxyl groups is 1. The Bertz CT molecular complexity index is 1350. The van der Waals surface area contributed by atoms with Crippen LogP contribution < -0.4 is 0 Å². The van der Waals surface area contributed by atoms with Gasteiger partial charge in [-0.3, -0.25) is 4.79 Å². The first-order valence-electron chi connectivity index (χ1n) is 10.7. The molecule has 0 fully saturated rings. The molecule has 0 amide bonds. The molecular weight excluding hydrogens is 587 g/mol. The molecule has 0 saturated carbocycles. The monoisotopic (exact) mass is 614 g/mol. The van der Waals surface area contributed by atoms with Crippen molar-refractivity contribution in [3.05, 3.63) is 102 Å². The molecule has 2 N–H and O–H groups in total. The summed E-state index contributed by atoms with van der Waals surface area (Å²) >= 11 is 0. The Labute approximate surface area is 208 Å². The van der Waals surface area contributed by atoms with E-state index >= 15 is 0 Å². The number of rotatable bonds is 2. The van der Waals surface area contributed by atoms with Crippen LogP contribution in [-0.2, 0) is 25.5 Å². The van der Waals surface area contributed by atoms with Crippen molar-refractivity contribution in [1.82, 2.24) is 4.98 Å². The van der Waals surface area contributed by atoms with Gasteiger partial charge >= 0.3 is 5.78 Å². The number of aliphatic hydroxyl groups excluding tert-OH is 1. The van der Waals surface area contributed by atoms with Gasteiger partial charge in [-0.2, -0.15) is 0 Å². The Balaban J connectivity index is 0.000000337. The fraction of sp³-hybridized carbons (Fsp3) is 0.172. The molecule has 169 valence electrons. The molecule has 1 radical (unpaired) electrons. The summed E-state index contributed by atoms with van der Waals surface area (Å²) in [5.74, 6) is 0.250. The van der Waals surface area contributed by atoms with E-state index in [4.69, 9.17) is 9.90 Å². The van der Waals surface area contributed by atoms with Crippen molar-refractivity contribution in [2.75, 3.05) is 0 Å². The number of pyridine rings is 1. The summed E-state index contributed by atoms with van der Waals surface area (Å²) in [5, 5.41) is 10.8. The first kappa shape index (κ1) is 24.6. The second-order valence-corrected chi connectivity index (χ2v) is 8.65. The summed E-state index contributed by atoms with van der Waals surface area (Å²) in [6.07, 6.45) is 3.17. The summed E-state index contributed by atoms with van der Waals surface area (Å²) < 4.78 is 0. The van der Waals surface area contributed by atoms with Gasteiger partial charge in [0.1, 0.15) is 0 Å². The molecule has 1 aromatic heterocycles. The van der Waals surface area contributed by atoms with Crippen molar-refractivity contribution < 1.29 is 30.0 Å². The molecular formula is C29H27IrNO2. The van der Waals surface area contributed by atoms with E-state index in [1.165, 1.54) is 52.9 Å². The van der Waals surface area contributed by atoms with E-state index in [2.05, 4.69) is 91.6 Å². The Morgan fingerprint density at radius 2 is 1.67 bits per heavy atom. The number of fused-ring (bicyclic) bond motifs is 4. The van der Waals surface area contributed by atoms with E-state index in [0.29, 0.717) is 0 Å². The number of hydrogen-bond donors (Lipinski definition) is 1. The maximum Gasteiger partial charge on any atom is 0.316 e. The van der Waals surface area contributed by atoms with Gasteiger partial charge in [-0.25, -0.2) is 0 Å². The van der Waals surface area contributed by atoms with Crippen molar-refractivity contribution in [3.63, 3.8) is 0 Å². The summed E-state index contributed by atoms with van der Waals surface area (Å²) in [4.78, 5) is 13.1. The Morgan fingerprint density at radius 1 is 0.970 bits per heavy atom. The summed E-state index contributed by atoms with van der Waals surface area (Å²) in [5.41, 5.74) is 7.45. The molecule has 4 heteroatoms. The number of hydrogen-bond acceptors (Lipinski definition) is 2. The van der Waals surface area contributed by atoms with Crippen molar-refractivity contribution in [2.45, 2.75) is 33.1 Å². The first-order valence-corrected chi connectivity index (χ1v) is 10.7. The van der Waals surface area contributed by atoms with Crippen molar-refractivity contribution in [2.24, 2.45) is 0 Å². The van der Waals surface area contributed by atoms with E-state index in [-0.39, 0.29) is 37.1 Å². The predicted octanol–water partition coefficient (Wildman–Crippen LogP) is 7.02. The third-order valence-electron chi connectivity index (χ3n) is 5.86. The number of nitrogens with zero attached hydrogens (tertiary/aromatic N) is 1. The van der Waals surface area contributed by atoms with Crippen LogP contribution in [0.1, 0.15) is 38.8 Å². The maximum absolute atomic E-state index is 8.40. The minimum atomic E-state index is 0. The minimum Gasteiger partial charge on any atom is -0.512 e. The van der Waals surface area contributed by atoms with Gasteiger partial charge in [0.15, 0.2) is 0 Å². The molecule has 0 bridgehead atoms. The van der Waals surface area contributed by atoms with Gasteiger partial charge in [-0.1, -0.05) is 73.5 Å². The number of benzene rings is 3. The average molecular weight is 614 g/mol. The molecule has 1 aliphatic rings. The fourth-order valence-corrected chi connectivity index (χ4v) is 4.41. The largest absolute Gasteiger partial charge is 0.512 e. The standard InChI is InChI=1S/C24H18N.C5H8O2.Ir/c1-24(2)21-10-6-5-9-19(21)20-12-11-17(15-22(20)24)23-18-8-4-3-7-16(18)13-14-25-23;1-4(6)3-5(2)7;/h3-10,12-15H,1-2H3;3,6H,1-2H3;/q-1;;/p+1/b;4-3-;. The van der Waals surface area contributed by atoms with Crippen LogP contribution in [0, 0.1) is 6.07 Å². The molecule has 1 heterocycles. The summed E-state index contributed by atoms with van der Waals surface area (Å²) in [7, 11) is 0. The Kier molecular flexibility index (Phi) is 7.31. The van der Waals surface area contributed by atoms with Gasteiger partial charge in [-0.05, 0) is 40.4 Å². The normalized spacial score (nSPS) is 13.3. The van der Waals surface area contributed by atoms with Crippen LogP contribution in [0.3, 0.4) is 0 Å². The zero-order valence-corrected chi connectivity index (χ0v) is 21.6. The van der Waals surface area contributed by atoms with E-state index in [9.17, 15) is 0 Å². The zero-order chi connectivity index (χ0) is 22.9. The predicted molar refractivity (Wildman–Crippen MR) is 133 cm³/mol. The van der Waals surface area contributed by atoms with Crippen LogP contribution >= 0.6 is 0 Å². The molecule has 0 spiro atoms. The minimum absolute atomic E-state index is 0. The second-order valence-electron chi connectivity index (χ2n) is 8.65. The Morgan fingerprint density at radius 3 is 2.36 bits per heavy atom. The molecule has 1 aliphatic carbocycles. The molecule has 5 rings (SSSR count). The van der Waals surface area contributed by atoms with Crippen molar-refractivity contribution >= 4 is 16.6 Å². The molecule has 3 aromatic carbocycles. The van der Waals surface area contributed by atoms with Gasteiger partial charge in [0, 0.05) is 26.3 Å². The third-order valence-corrected chi connectivity index (χ3v) is 5.86. The zero-order valence-electron chi connectivity index (χ0n) is 19.2. The van der Waals surface area contributed by atoms with Gasteiger partial charge in [0.05, 0.1) is 18.8 Å². The van der Waals surface area contributed by atoms with Crippen LogP contribution in [-0.4, -0.2) is 20.7 Å². The van der Waals surface area contributed by atoms with Gasteiger partial charge in [-0.15, -0.1) is 29.3 Å². The number of allylic oxidation sites excluding steroid dienone is 2. The summed E-state index contributed by atoms with van der Waals surface area (Å²) in [6, 6.07) is 27.1. The molecule has 0 saturated heterocycles. The van der Waals surface area contributed by atoms with E-state index in [1.54, 1.807) is 0 Å². The molecule has 4 aromatic rings. The van der Waals surface area contributed by atoms with Gasteiger partial charge in [0.2, 0.25) is 0 Å². The first-order chi connectivity index (χ1) is 15.3. The fourth-order valence-electron chi connectivity index (χ4n) is 4.41. The number of aromatic nitrogens is 1. The van der Waals surface area contributed by atoms with Crippen molar-refractivity contribution in [3.8, 4) is 22.4 Å². The third kappa shape index (κ3) is 4.83. The van der Waals surface area contributed by atoms with Crippen LogP contribution in [0.15, 0.2) is 84.8 Å².